The predicted molar refractivity (Wildman–Crippen MR) is 113 cm³/mol. The fraction of sp³-hybridized carbons (Fsp3) is 0.650. The number of halogens is 1. The fourth-order valence-corrected chi connectivity index (χ4v) is 4.30. The molecule has 0 spiro atoms. The van der Waals surface area contributed by atoms with Gasteiger partial charge in [0, 0.05) is 56.8 Å². The van der Waals surface area contributed by atoms with Crippen LogP contribution in [0, 0.1) is 5.92 Å². The van der Waals surface area contributed by atoms with E-state index in [4.69, 9.17) is 0 Å². The van der Waals surface area contributed by atoms with E-state index in [0.717, 1.165) is 49.1 Å². The molecule has 6 heteroatoms. The fourth-order valence-electron chi connectivity index (χ4n) is 4.03. The van der Waals surface area contributed by atoms with E-state index in [1.165, 1.54) is 25.1 Å². The molecular formula is C20H32BrN5. The van der Waals surface area contributed by atoms with Crippen LogP contribution in [0.15, 0.2) is 33.7 Å². The van der Waals surface area contributed by atoms with Gasteiger partial charge in [-0.3, -0.25) is 9.89 Å². The number of likely N-dealkylation sites (tertiary alicyclic amines) is 1. The van der Waals surface area contributed by atoms with Gasteiger partial charge in [0.05, 0.1) is 0 Å². The minimum Gasteiger partial charge on any atom is -0.356 e. The third kappa shape index (κ3) is 4.99. The lowest BCUT2D eigenvalue weighted by molar-refractivity contribution is 0.138. The van der Waals surface area contributed by atoms with Crippen molar-refractivity contribution in [3.63, 3.8) is 0 Å². The van der Waals surface area contributed by atoms with Crippen molar-refractivity contribution < 1.29 is 0 Å². The second-order valence-corrected chi connectivity index (χ2v) is 8.51. The van der Waals surface area contributed by atoms with Crippen molar-refractivity contribution in [3.8, 4) is 0 Å². The van der Waals surface area contributed by atoms with Crippen molar-refractivity contribution in [1.29, 1.82) is 0 Å². The number of hydrogen-bond donors (Lipinski definition) is 1. The molecule has 0 radical (unpaired) electrons. The molecule has 2 fully saturated rings. The second-order valence-electron chi connectivity index (χ2n) is 7.60. The first-order valence-corrected chi connectivity index (χ1v) is 10.5. The number of nitrogens with one attached hydrogen (secondary N) is 1. The predicted octanol–water partition coefficient (Wildman–Crippen LogP) is 2.65. The Morgan fingerprint density at radius 1 is 1.19 bits per heavy atom. The van der Waals surface area contributed by atoms with Gasteiger partial charge < -0.3 is 15.1 Å². The minimum atomic E-state index is 0.453. The Morgan fingerprint density at radius 2 is 1.88 bits per heavy atom. The van der Waals surface area contributed by atoms with E-state index < -0.39 is 0 Å². The van der Waals surface area contributed by atoms with E-state index in [1.807, 2.05) is 7.05 Å². The van der Waals surface area contributed by atoms with E-state index in [0.29, 0.717) is 6.04 Å². The van der Waals surface area contributed by atoms with E-state index in [9.17, 15) is 0 Å². The highest BCUT2D eigenvalue weighted by Gasteiger charge is 2.25. The highest BCUT2D eigenvalue weighted by atomic mass is 79.9. The van der Waals surface area contributed by atoms with E-state index in [1.54, 1.807) is 0 Å². The van der Waals surface area contributed by atoms with Gasteiger partial charge in [0.25, 0.3) is 0 Å². The third-order valence-corrected chi connectivity index (χ3v) is 6.29. The molecule has 2 aliphatic rings. The molecule has 0 amide bonds. The van der Waals surface area contributed by atoms with Crippen LogP contribution >= 0.6 is 15.9 Å². The first-order valence-electron chi connectivity index (χ1n) is 9.70. The molecule has 0 aromatic heterocycles. The van der Waals surface area contributed by atoms with Crippen LogP contribution in [0.4, 0.5) is 0 Å². The Labute approximate surface area is 166 Å². The Morgan fingerprint density at radius 3 is 2.46 bits per heavy atom. The average Bonchev–Trinajstić information content (AvgIpc) is 3.08. The number of aliphatic imine (C=N–C) groups is 1. The molecule has 26 heavy (non-hydrogen) atoms. The number of benzene rings is 1. The lowest BCUT2D eigenvalue weighted by Crippen LogP contribution is -2.53. The molecule has 144 valence electrons. The lowest BCUT2D eigenvalue weighted by atomic mass is 10.1. The first-order chi connectivity index (χ1) is 12.6. The molecule has 5 nitrogen and oxygen atoms in total. The van der Waals surface area contributed by atoms with Gasteiger partial charge in [0.15, 0.2) is 5.96 Å². The summed E-state index contributed by atoms with van der Waals surface area (Å²) in [6, 6.07) is 9.16. The summed E-state index contributed by atoms with van der Waals surface area (Å²) in [5.41, 5.74) is 1.38. The average molecular weight is 422 g/mol. The summed E-state index contributed by atoms with van der Waals surface area (Å²) in [6.07, 6.45) is 1.29. The first kappa shape index (κ1) is 19.6. The number of hydrogen-bond acceptors (Lipinski definition) is 3. The monoisotopic (exact) mass is 421 g/mol. The molecular weight excluding hydrogens is 390 g/mol. The molecule has 1 aromatic carbocycles. The molecule has 0 saturated carbocycles. The van der Waals surface area contributed by atoms with Crippen LogP contribution in [-0.4, -0.2) is 80.6 Å². The van der Waals surface area contributed by atoms with Gasteiger partial charge in [0.1, 0.15) is 0 Å². The molecule has 2 atom stereocenters. The SMILES string of the molecule is CN=C(NCC1CCN(C)C1)N1CCN(C(C)c2ccc(Br)cc2)CC1. The van der Waals surface area contributed by atoms with Gasteiger partial charge in [-0.05, 0) is 50.6 Å². The van der Waals surface area contributed by atoms with Crippen LogP contribution in [0.2, 0.25) is 0 Å². The summed E-state index contributed by atoms with van der Waals surface area (Å²) < 4.78 is 1.14. The van der Waals surface area contributed by atoms with Crippen LogP contribution < -0.4 is 5.32 Å². The molecule has 2 aliphatic heterocycles. The molecule has 1 aromatic rings. The molecule has 1 N–H and O–H groups in total. The van der Waals surface area contributed by atoms with E-state index >= 15 is 0 Å². The van der Waals surface area contributed by atoms with Crippen molar-refractivity contribution in [2.45, 2.75) is 19.4 Å². The summed E-state index contributed by atoms with van der Waals surface area (Å²) in [7, 11) is 4.11. The topological polar surface area (TPSA) is 34.1 Å². The number of guanidine groups is 1. The Kier molecular flexibility index (Phi) is 6.95. The third-order valence-electron chi connectivity index (χ3n) is 5.76. The normalized spacial score (nSPS) is 24.1. The van der Waals surface area contributed by atoms with Gasteiger partial charge in [-0.2, -0.15) is 0 Å². The van der Waals surface area contributed by atoms with Crippen LogP contribution in [0.25, 0.3) is 0 Å². The van der Waals surface area contributed by atoms with Crippen LogP contribution in [-0.2, 0) is 0 Å². The highest BCUT2D eigenvalue weighted by molar-refractivity contribution is 9.10. The zero-order valence-electron chi connectivity index (χ0n) is 16.3. The molecule has 2 heterocycles. The van der Waals surface area contributed by atoms with Crippen molar-refractivity contribution in [3.05, 3.63) is 34.3 Å². The zero-order chi connectivity index (χ0) is 18.5. The van der Waals surface area contributed by atoms with Gasteiger partial charge in [-0.1, -0.05) is 28.1 Å². The van der Waals surface area contributed by atoms with Gasteiger partial charge in [-0.25, -0.2) is 0 Å². The lowest BCUT2D eigenvalue weighted by Gasteiger charge is -2.39. The summed E-state index contributed by atoms with van der Waals surface area (Å²) in [5, 5.41) is 3.61. The molecule has 2 saturated heterocycles. The molecule has 2 unspecified atom stereocenters. The molecule has 3 rings (SSSR count). The Bertz CT molecular complexity index is 595. The summed E-state index contributed by atoms with van der Waals surface area (Å²) in [6.45, 7) is 9.97. The maximum Gasteiger partial charge on any atom is 0.193 e. The largest absolute Gasteiger partial charge is 0.356 e. The van der Waals surface area contributed by atoms with Crippen LogP contribution in [0.1, 0.15) is 24.9 Å². The quantitative estimate of drug-likeness (QED) is 0.598. The number of nitrogens with zero attached hydrogens (tertiary/aromatic N) is 4. The Hall–Kier alpha value is -1.11. The second kappa shape index (κ2) is 9.20. The maximum absolute atomic E-state index is 4.52. The van der Waals surface area contributed by atoms with Crippen molar-refractivity contribution >= 4 is 21.9 Å². The van der Waals surface area contributed by atoms with Gasteiger partial charge >= 0.3 is 0 Å². The molecule has 0 aliphatic carbocycles. The highest BCUT2D eigenvalue weighted by Crippen LogP contribution is 2.23. The van der Waals surface area contributed by atoms with E-state index in [2.05, 4.69) is 79.2 Å². The van der Waals surface area contributed by atoms with Crippen molar-refractivity contribution in [2.75, 3.05) is 59.9 Å². The maximum atomic E-state index is 4.52. The number of piperazine rings is 1. The smallest absolute Gasteiger partial charge is 0.193 e. The van der Waals surface area contributed by atoms with Gasteiger partial charge in [0.2, 0.25) is 0 Å². The summed E-state index contributed by atoms with van der Waals surface area (Å²) in [4.78, 5) is 11.9. The molecule has 0 bridgehead atoms. The van der Waals surface area contributed by atoms with Crippen LogP contribution in [0.3, 0.4) is 0 Å². The Balaban J connectivity index is 1.48. The van der Waals surface area contributed by atoms with Crippen molar-refractivity contribution in [1.82, 2.24) is 20.0 Å². The van der Waals surface area contributed by atoms with Crippen molar-refractivity contribution in [2.24, 2.45) is 10.9 Å². The number of rotatable bonds is 4. The van der Waals surface area contributed by atoms with E-state index in [-0.39, 0.29) is 0 Å². The minimum absolute atomic E-state index is 0.453. The zero-order valence-corrected chi connectivity index (χ0v) is 17.9. The van der Waals surface area contributed by atoms with Gasteiger partial charge in [-0.15, -0.1) is 0 Å². The summed E-state index contributed by atoms with van der Waals surface area (Å²) in [5.74, 6) is 1.81. The standard InChI is InChI=1S/C20H32BrN5/c1-16(18-4-6-19(21)7-5-18)25-10-12-26(13-11-25)20(22-2)23-14-17-8-9-24(3)15-17/h4-7,16-17H,8-15H2,1-3H3,(H,22,23). The van der Waals surface area contributed by atoms with Crippen LogP contribution in [0.5, 0.6) is 0 Å². The summed E-state index contributed by atoms with van der Waals surface area (Å²) >= 11 is 3.52.